The molecular weight excluding hydrogens is 232 g/mol. The van der Waals surface area contributed by atoms with Gasteiger partial charge in [0.1, 0.15) is 0 Å². The topological polar surface area (TPSA) is 46.3 Å². The zero-order valence-electron chi connectivity index (χ0n) is 11.0. The molecule has 0 bridgehead atoms. The first kappa shape index (κ1) is 14.4. The number of likely N-dealkylation sites (tertiary alicyclic amines) is 1. The van der Waals surface area contributed by atoms with E-state index < -0.39 is 5.41 Å². The molecule has 1 saturated heterocycles. The molecule has 0 spiro atoms. The average Bonchev–Trinajstić information content (AvgIpc) is 2.80. The van der Waals surface area contributed by atoms with Gasteiger partial charge in [0, 0.05) is 13.1 Å². The van der Waals surface area contributed by atoms with Crippen molar-refractivity contribution in [1.29, 1.82) is 0 Å². The maximum atomic E-state index is 12.6. The van der Waals surface area contributed by atoms with Crippen LogP contribution < -0.4 is 5.73 Å². The van der Waals surface area contributed by atoms with Crippen LogP contribution in [0.25, 0.3) is 0 Å². The van der Waals surface area contributed by atoms with E-state index in [0.717, 1.165) is 51.6 Å². The second-order valence-corrected chi connectivity index (χ2v) is 5.39. The first-order valence-corrected chi connectivity index (χ1v) is 7.08. The van der Waals surface area contributed by atoms with Gasteiger partial charge in [-0.05, 0) is 25.7 Å². The number of rotatable bonds is 6. The predicted octanol–water partition coefficient (Wildman–Crippen LogP) is 2.48. The van der Waals surface area contributed by atoms with Crippen LogP contribution in [0, 0.1) is 5.41 Å². The Morgan fingerprint density at radius 2 is 1.71 bits per heavy atom. The van der Waals surface area contributed by atoms with E-state index in [9.17, 15) is 4.79 Å². The van der Waals surface area contributed by atoms with Gasteiger partial charge in [-0.2, -0.15) is 0 Å². The second-order valence-electron chi connectivity index (χ2n) is 4.95. The fourth-order valence-electron chi connectivity index (χ4n) is 2.77. The Morgan fingerprint density at radius 1 is 1.24 bits per heavy atom. The van der Waals surface area contributed by atoms with Gasteiger partial charge < -0.3 is 10.6 Å². The molecule has 1 fully saturated rings. The summed E-state index contributed by atoms with van der Waals surface area (Å²) in [5.74, 6) is 0.172. The lowest BCUT2D eigenvalue weighted by molar-refractivity contribution is -0.138. The Balaban J connectivity index is 2.92. The molecular formula is C13H24N2OS. The van der Waals surface area contributed by atoms with Crippen LogP contribution in [0.5, 0.6) is 0 Å². The summed E-state index contributed by atoms with van der Waals surface area (Å²) in [5.41, 5.74) is 5.32. The zero-order chi connectivity index (χ0) is 12.9. The van der Waals surface area contributed by atoms with Gasteiger partial charge >= 0.3 is 0 Å². The van der Waals surface area contributed by atoms with E-state index >= 15 is 0 Å². The summed E-state index contributed by atoms with van der Waals surface area (Å²) in [4.78, 5) is 15.0. The number of thiocarbonyl (C=S) groups is 1. The molecule has 0 saturated carbocycles. The van der Waals surface area contributed by atoms with Gasteiger partial charge in [-0.25, -0.2) is 0 Å². The van der Waals surface area contributed by atoms with E-state index in [1.54, 1.807) is 0 Å². The lowest BCUT2D eigenvalue weighted by atomic mass is 9.77. The van der Waals surface area contributed by atoms with E-state index in [0.29, 0.717) is 4.99 Å². The van der Waals surface area contributed by atoms with Crippen LogP contribution in [0.3, 0.4) is 0 Å². The number of carbonyl (C=O) groups is 1. The Morgan fingerprint density at radius 3 is 2.06 bits per heavy atom. The van der Waals surface area contributed by atoms with Crippen LogP contribution in [0.2, 0.25) is 0 Å². The summed E-state index contributed by atoms with van der Waals surface area (Å²) in [6, 6.07) is 0. The predicted molar refractivity (Wildman–Crippen MR) is 74.8 cm³/mol. The molecule has 0 aromatic carbocycles. The smallest absolute Gasteiger partial charge is 0.235 e. The summed E-state index contributed by atoms with van der Waals surface area (Å²) < 4.78 is 0. The molecule has 3 nitrogen and oxygen atoms in total. The number of amides is 1. The highest BCUT2D eigenvalue weighted by Crippen LogP contribution is 2.34. The van der Waals surface area contributed by atoms with Crippen LogP contribution >= 0.6 is 12.2 Å². The molecule has 1 amide bonds. The Kier molecular flexibility index (Phi) is 5.37. The lowest BCUT2D eigenvalue weighted by Crippen LogP contribution is -2.49. The minimum atomic E-state index is -0.580. The van der Waals surface area contributed by atoms with Crippen molar-refractivity contribution in [2.24, 2.45) is 11.1 Å². The first-order chi connectivity index (χ1) is 8.08. The molecule has 1 rings (SSSR count). The van der Waals surface area contributed by atoms with Crippen molar-refractivity contribution >= 4 is 23.1 Å². The number of hydrogen-bond donors (Lipinski definition) is 1. The third-order valence-electron chi connectivity index (χ3n) is 3.63. The second kappa shape index (κ2) is 6.34. The number of nitrogens with two attached hydrogens (primary N) is 1. The van der Waals surface area contributed by atoms with Crippen molar-refractivity contribution in [3.05, 3.63) is 0 Å². The van der Waals surface area contributed by atoms with E-state index in [2.05, 4.69) is 13.8 Å². The van der Waals surface area contributed by atoms with Crippen molar-refractivity contribution in [2.45, 2.75) is 52.4 Å². The Bertz CT molecular complexity index is 279. The van der Waals surface area contributed by atoms with Crippen molar-refractivity contribution in [3.8, 4) is 0 Å². The molecule has 1 heterocycles. The van der Waals surface area contributed by atoms with E-state index in [4.69, 9.17) is 18.0 Å². The third kappa shape index (κ3) is 2.97. The molecule has 0 aliphatic carbocycles. The van der Waals surface area contributed by atoms with Gasteiger partial charge in [-0.3, -0.25) is 4.79 Å². The van der Waals surface area contributed by atoms with Crippen molar-refractivity contribution < 1.29 is 4.79 Å². The van der Waals surface area contributed by atoms with Gasteiger partial charge in [0.25, 0.3) is 0 Å². The quantitative estimate of drug-likeness (QED) is 0.743. The van der Waals surface area contributed by atoms with Crippen LogP contribution in [-0.4, -0.2) is 28.9 Å². The average molecular weight is 256 g/mol. The van der Waals surface area contributed by atoms with Crippen LogP contribution in [0.15, 0.2) is 0 Å². The minimum absolute atomic E-state index is 0.172. The zero-order valence-corrected chi connectivity index (χ0v) is 11.8. The van der Waals surface area contributed by atoms with E-state index in [-0.39, 0.29) is 5.91 Å². The molecule has 0 aromatic heterocycles. The molecule has 17 heavy (non-hydrogen) atoms. The largest absolute Gasteiger partial charge is 0.392 e. The van der Waals surface area contributed by atoms with Crippen LogP contribution in [0.1, 0.15) is 52.4 Å². The summed E-state index contributed by atoms with van der Waals surface area (Å²) in [7, 11) is 0. The summed E-state index contributed by atoms with van der Waals surface area (Å²) in [5, 5.41) is 0. The Labute approximate surface area is 110 Å². The highest BCUT2D eigenvalue weighted by molar-refractivity contribution is 7.80. The standard InChI is InChI=1S/C13H24N2OS/c1-3-7-13(8-4-2,11(14)17)12(16)15-9-5-6-10-15/h3-10H2,1-2H3,(H2,14,17). The van der Waals surface area contributed by atoms with Gasteiger partial charge in [0.2, 0.25) is 5.91 Å². The molecule has 1 aliphatic heterocycles. The van der Waals surface area contributed by atoms with Gasteiger partial charge in [-0.1, -0.05) is 38.9 Å². The molecule has 4 heteroatoms. The monoisotopic (exact) mass is 256 g/mol. The van der Waals surface area contributed by atoms with Gasteiger partial charge in [0.05, 0.1) is 10.4 Å². The summed E-state index contributed by atoms with van der Waals surface area (Å²) in [6.07, 6.45) is 5.67. The molecule has 0 atom stereocenters. The fraction of sp³-hybridized carbons (Fsp3) is 0.846. The lowest BCUT2D eigenvalue weighted by Gasteiger charge is -2.34. The highest BCUT2D eigenvalue weighted by Gasteiger charge is 2.42. The van der Waals surface area contributed by atoms with E-state index in [1.165, 1.54) is 0 Å². The maximum absolute atomic E-state index is 12.6. The maximum Gasteiger partial charge on any atom is 0.235 e. The number of hydrogen-bond acceptors (Lipinski definition) is 2. The normalized spacial score (nSPS) is 16.2. The van der Waals surface area contributed by atoms with Gasteiger partial charge in [0.15, 0.2) is 0 Å². The number of carbonyl (C=O) groups excluding carboxylic acids is 1. The fourth-order valence-corrected chi connectivity index (χ4v) is 3.06. The van der Waals surface area contributed by atoms with Gasteiger partial charge in [-0.15, -0.1) is 0 Å². The van der Waals surface area contributed by atoms with Crippen molar-refractivity contribution in [2.75, 3.05) is 13.1 Å². The van der Waals surface area contributed by atoms with Crippen molar-refractivity contribution in [3.63, 3.8) is 0 Å². The molecule has 0 unspecified atom stereocenters. The molecule has 2 N–H and O–H groups in total. The molecule has 98 valence electrons. The number of nitrogens with zero attached hydrogens (tertiary/aromatic N) is 1. The van der Waals surface area contributed by atoms with Crippen LogP contribution in [0.4, 0.5) is 0 Å². The van der Waals surface area contributed by atoms with Crippen molar-refractivity contribution in [1.82, 2.24) is 4.90 Å². The SMILES string of the molecule is CCCC(CCC)(C(=O)N1CCCC1)C(N)=S. The van der Waals surface area contributed by atoms with Crippen LogP contribution in [-0.2, 0) is 4.79 Å². The molecule has 0 aromatic rings. The molecule has 1 aliphatic rings. The summed E-state index contributed by atoms with van der Waals surface area (Å²) >= 11 is 5.20. The third-order valence-corrected chi connectivity index (χ3v) is 4.02. The Hall–Kier alpha value is -0.640. The first-order valence-electron chi connectivity index (χ1n) is 6.67. The summed E-state index contributed by atoms with van der Waals surface area (Å²) in [6.45, 7) is 5.91. The van der Waals surface area contributed by atoms with E-state index in [1.807, 2.05) is 4.90 Å². The highest BCUT2D eigenvalue weighted by atomic mass is 32.1. The minimum Gasteiger partial charge on any atom is -0.392 e. The molecule has 0 radical (unpaired) electrons.